The first-order chi connectivity index (χ1) is 20.4. The van der Waals surface area contributed by atoms with Crippen LogP contribution in [0.25, 0.3) is 10.4 Å². The number of rotatable bonds is 23. The Balaban J connectivity index is 5.63. The van der Waals surface area contributed by atoms with E-state index in [0.29, 0.717) is 12.8 Å². The third kappa shape index (κ3) is 19.6. The number of nitrogens with one attached hydrogen (secondary N) is 9. The molecule has 0 aliphatic rings. The van der Waals surface area contributed by atoms with E-state index in [9.17, 15) is 29.1 Å². The van der Waals surface area contributed by atoms with Gasteiger partial charge in [-0.2, -0.15) is 4.91 Å². The van der Waals surface area contributed by atoms with Crippen molar-refractivity contribution >= 4 is 41.5 Å². The number of nitrogens with two attached hydrogens (primary N) is 3. The van der Waals surface area contributed by atoms with Gasteiger partial charge in [0.1, 0.15) is 18.1 Å². The molecule has 43 heavy (non-hydrogen) atoms. The van der Waals surface area contributed by atoms with Crippen molar-refractivity contribution in [1.82, 2.24) is 37.3 Å². The summed E-state index contributed by atoms with van der Waals surface area (Å²) >= 11 is 0. The number of amides is 4. The number of unbranched alkanes of at least 4 members (excludes halogenated alkanes) is 1. The quantitative estimate of drug-likeness (QED) is 0.01000. The average molecular weight is 614 g/mol. The van der Waals surface area contributed by atoms with Crippen LogP contribution in [0.3, 0.4) is 0 Å². The second-order valence-corrected chi connectivity index (χ2v) is 9.12. The fraction of sp³-hybridized carbons (Fsp3) is 0.682. The molecule has 0 saturated carbocycles. The third-order valence-corrected chi connectivity index (χ3v) is 5.65. The van der Waals surface area contributed by atoms with Crippen molar-refractivity contribution in [3.63, 3.8) is 0 Å². The van der Waals surface area contributed by atoms with Gasteiger partial charge in [0.05, 0.1) is 19.6 Å². The molecule has 0 saturated heterocycles. The summed E-state index contributed by atoms with van der Waals surface area (Å²) in [6.07, 6.45) is 1.49. The summed E-state index contributed by atoms with van der Waals surface area (Å²) in [6, 6.07) is -3.66. The zero-order valence-electron chi connectivity index (χ0n) is 23.8. The van der Waals surface area contributed by atoms with E-state index in [4.69, 9.17) is 33.6 Å². The molecule has 0 heterocycles. The van der Waals surface area contributed by atoms with Gasteiger partial charge in [0, 0.05) is 13.1 Å². The van der Waals surface area contributed by atoms with E-state index < -0.39 is 54.3 Å². The summed E-state index contributed by atoms with van der Waals surface area (Å²) in [5.41, 5.74) is 26.5. The van der Waals surface area contributed by atoms with Gasteiger partial charge in [0.25, 0.3) is 0 Å². The average Bonchev–Trinajstić information content (AvgIpc) is 2.95. The van der Waals surface area contributed by atoms with Gasteiger partial charge in [-0.1, -0.05) is 0 Å². The lowest BCUT2D eigenvalue weighted by molar-refractivity contribution is -0.142. The Morgan fingerprint density at radius 3 is 1.77 bits per heavy atom. The van der Waals surface area contributed by atoms with E-state index in [1.807, 2.05) is 0 Å². The first-order valence-electron chi connectivity index (χ1n) is 13.4. The minimum absolute atomic E-state index is 0.00839. The number of hydrogen-bond acceptors (Lipinski definition) is 9. The Morgan fingerprint density at radius 2 is 1.26 bits per heavy atom. The molecule has 21 nitrogen and oxygen atoms in total. The normalized spacial score (nSPS) is 12.2. The fourth-order valence-electron chi connectivity index (χ4n) is 3.53. The van der Waals surface area contributed by atoms with Crippen LogP contribution in [0.2, 0.25) is 0 Å². The number of carboxylic acids is 1. The lowest BCUT2D eigenvalue weighted by Gasteiger charge is -2.25. The van der Waals surface area contributed by atoms with Gasteiger partial charge in [-0.05, 0) is 50.2 Å². The van der Waals surface area contributed by atoms with E-state index in [-0.39, 0.29) is 70.2 Å². The van der Waals surface area contributed by atoms with Gasteiger partial charge in [-0.25, -0.2) is 4.79 Å². The Morgan fingerprint density at radius 1 is 0.744 bits per heavy atom. The molecule has 0 aliphatic heterocycles. The summed E-state index contributed by atoms with van der Waals surface area (Å²) in [5, 5.41) is 42.0. The summed E-state index contributed by atoms with van der Waals surface area (Å²) in [7, 11) is 0. The molecule has 0 unspecified atom stereocenters. The Kier molecular flexibility index (Phi) is 20.0. The summed E-state index contributed by atoms with van der Waals surface area (Å²) in [6.45, 7) is -0.0949. The highest BCUT2D eigenvalue weighted by atomic mass is 16.4. The number of carbonyl (C=O) groups is 5. The van der Waals surface area contributed by atoms with Gasteiger partial charge < -0.3 is 54.2 Å². The van der Waals surface area contributed by atoms with Crippen LogP contribution in [-0.2, 0) is 24.0 Å². The molecular weight excluding hydrogens is 570 g/mol. The number of hydrogen-bond donors (Lipinski definition) is 13. The van der Waals surface area contributed by atoms with Crippen molar-refractivity contribution in [2.45, 2.75) is 63.1 Å². The van der Waals surface area contributed by atoms with Crippen LogP contribution >= 0.6 is 0 Å². The van der Waals surface area contributed by atoms with Gasteiger partial charge >= 0.3 is 5.97 Å². The van der Waals surface area contributed by atoms with Crippen LogP contribution in [-0.4, -0.2) is 97.5 Å². The monoisotopic (exact) mass is 613 g/mol. The van der Waals surface area contributed by atoms with E-state index in [2.05, 4.69) is 47.5 Å². The lowest BCUT2D eigenvalue weighted by Crippen LogP contribution is -2.56. The molecule has 0 spiro atoms. The van der Waals surface area contributed by atoms with Gasteiger partial charge in [0.2, 0.25) is 23.6 Å². The highest BCUT2D eigenvalue weighted by molar-refractivity contribution is 5.94. The molecule has 4 amide bonds. The molecule has 0 rings (SSSR count). The number of azide groups is 1. The van der Waals surface area contributed by atoms with Crippen molar-refractivity contribution < 1.29 is 29.1 Å². The molecule has 21 heteroatoms. The predicted octanol–water partition coefficient (Wildman–Crippen LogP) is -3.89. The van der Waals surface area contributed by atoms with E-state index in [1.54, 1.807) is 0 Å². The van der Waals surface area contributed by atoms with Crippen LogP contribution in [0.1, 0.15) is 44.9 Å². The standard InChI is InChI=1S/C22H43N15O6/c23-11-16(38)31-12-17(39)33-13(6-3-8-29-21(24)25)18(40)34-14(5-1-2-10-32-37-36-28)19(41)35-15(20(42)43)7-4-9-30-22(26)27/h13-15,32H,1-12,23H2,(H,31,38)(H,33,39)(H,34,40)(H,35,41)(H,42,43)(H4,24,25,29)(H4,26,27,30)/t13-,14-,15-/m0/s1. The number of aliphatic carboxylic acids is 1. The van der Waals surface area contributed by atoms with Crippen LogP contribution in [0, 0.1) is 10.8 Å². The number of carbonyl (C=O) groups excluding carboxylic acids is 4. The van der Waals surface area contributed by atoms with Crippen LogP contribution in [0.4, 0.5) is 0 Å². The number of carboxylic acid groups (broad SMARTS) is 1. The first kappa shape index (κ1) is 38.0. The molecule has 0 aromatic carbocycles. The molecule has 0 bridgehead atoms. The molecular formula is C22H43N15O6. The second kappa shape index (κ2) is 22.6. The molecule has 0 radical (unpaired) electrons. The van der Waals surface area contributed by atoms with Crippen molar-refractivity contribution in [3.05, 3.63) is 10.4 Å². The molecule has 16 N–H and O–H groups in total. The largest absolute Gasteiger partial charge is 0.480 e. The SMILES string of the molecule is [N-]=[N+]=NNCCCC[C@H](NC(=O)[C@H](CCCNC(=N)N)NC(=O)CNC(=O)CN)C(=O)N[C@@H](CCCNC(=N)N)C(=O)O. The lowest BCUT2D eigenvalue weighted by atomic mass is 10.0. The number of nitrogens with zero attached hydrogens (tertiary/aromatic N) is 3. The smallest absolute Gasteiger partial charge is 0.326 e. The van der Waals surface area contributed by atoms with Crippen molar-refractivity contribution in [2.24, 2.45) is 22.4 Å². The maximum Gasteiger partial charge on any atom is 0.326 e. The van der Waals surface area contributed by atoms with Crippen molar-refractivity contribution in [3.8, 4) is 0 Å². The second-order valence-electron chi connectivity index (χ2n) is 9.12. The maximum atomic E-state index is 13.3. The van der Waals surface area contributed by atoms with Crippen molar-refractivity contribution in [2.75, 3.05) is 32.7 Å². The topological polar surface area (TPSA) is 364 Å². The summed E-state index contributed by atoms with van der Waals surface area (Å²) < 4.78 is 0. The van der Waals surface area contributed by atoms with Gasteiger partial charge in [-0.15, -0.1) is 5.53 Å². The van der Waals surface area contributed by atoms with Crippen LogP contribution < -0.4 is 54.5 Å². The summed E-state index contributed by atoms with van der Waals surface area (Å²) in [5.74, 6) is -4.67. The van der Waals surface area contributed by atoms with Gasteiger partial charge in [-0.3, -0.25) is 35.4 Å². The molecule has 0 aromatic heterocycles. The maximum absolute atomic E-state index is 13.3. The molecule has 3 atom stereocenters. The van der Waals surface area contributed by atoms with Gasteiger partial charge in [0.15, 0.2) is 11.9 Å². The van der Waals surface area contributed by atoms with Crippen LogP contribution in [0.5, 0.6) is 0 Å². The minimum Gasteiger partial charge on any atom is -0.480 e. The zero-order chi connectivity index (χ0) is 32.6. The zero-order valence-corrected chi connectivity index (χ0v) is 23.8. The molecule has 0 fully saturated rings. The first-order valence-corrected chi connectivity index (χ1v) is 13.4. The Bertz CT molecular complexity index is 1000. The Hall–Kier alpha value is -5.04. The Labute approximate surface area is 247 Å². The van der Waals surface area contributed by atoms with E-state index in [0.717, 1.165) is 0 Å². The summed E-state index contributed by atoms with van der Waals surface area (Å²) in [4.78, 5) is 64.5. The highest BCUT2D eigenvalue weighted by Crippen LogP contribution is 2.06. The minimum atomic E-state index is -1.30. The van der Waals surface area contributed by atoms with E-state index in [1.165, 1.54) is 0 Å². The number of guanidine groups is 2. The van der Waals surface area contributed by atoms with Crippen molar-refractivity contribution in [1.29, 1.82) is 10.8 Å². The van der Waals surface area contributed by atoms with Crippen LogP contribution in [0.15, 0.2) is 5.22 Å². The molecule has 0 aromatic rings. The molecule has 0 aliphatic carbocycles. The third-order valence-electron chi connectivity index (χ3n) is 5.65. The highest BCUT2D eigenvalue weighted by Gasteiger charge is 2.29. The predicted molar refractivity (Wildman–Crippen MR) is 155 cm³/mol. The van der Waals surface area contributed by atoms with E-state index >= 15 is 0 Å². The molecule has 242 valence electrons. The fourth-order valence-corrected chi connectivity index (χ4v) is 3.53.